The van der Waals surface area contributed by atoms with Gasteiger partial charge in [-0.15, -0.1) is 0 Å². The highest BCUT2D eigenvalue weighted by molar-refractivity contribution is 5.88. The number of benzene rings is 2. The smallest absolute Gasteiger partial charge is 0.128 e. The SMILES string of the molecule is COc1cccc2c1ccn2-c1ccc(C#N)c(N[C@H]2CC[C@H](O)CC2)c1. The predicted molar refractivity (Wildman–Crippen MR) is 106 cm³/mol. The van der Waals surface area contributed by atoms with Crippen molar-refractivity contribution in [3.63, 3.8) is 0 Å². The number of aromatic nitrogens is 1. The number of hydrogen-bond acceptors (Lipinski definition) is 4. The van der Waals surface area contributed by atoms with E-state index in [1.54, 1.807) is 7.11 Å². The van der Waals surface area contributed by atoms with Crippen molar-refractivity contribution in [2.45, 2.75) is 37.8 Å². The molecule has 5 heteroatoms. The summed E-state index contributed by atoms with van der Waals surface area (Å²) in [6, 6.07) is 16.5. The molecule has 0 aliphatic heterocycles. The fourth-order valence-electron chi connectivity index (χ4n) is 3.88. The second-order valence-corrected chi connectivity index (χ2v) is 7.07. The van der Waals surface area contributed by atoms with Crippen molar-refractivity contribution in [1.82, 2.24) is 4.57 Å². The van der Waals surface area contributed by atoms with Gasteiger partial charge in [0, 0.05) is 23.3 Å². The Morgan fingerprint density at radius 3 is 2.70 bits per heavy atom. The van der Waals surface area contributed by atoms with Crippen LogP contribution in [0.3, 0.4) is 0 Å². The van der Waals surface area contributed by atoms with Crippen LogP contribution in [-0.4, -0.2) is 28.9 Å². The quantitative estimate of drug-likeness (QED) is 0.730. The number of ether oxygens (including phenoxy) is 1. The zero-order valence-electron chi connectivity index (χ0n) is 15.4. The number of hydrogen-bond donors (Lipinski definition) is 2. The van der Waals surface area contributed by atoms with Crippen LogP contribution in [0, 0.1) is 11.3 Å². The van der Waals surface area contributed by atoms with Crippen LogP contribution in [0.1, 0.15) is 31.2 Å². The van der Waals surface area contributed by atoms with Gasteiger partial charge < -0.3 is 19.7 Å². The van der Waals surface area contributed by atoms with E-state index >= 15 is 0 Å². The average molecular weight is 361 g/mol. The van der Waals surface area contributed by atoms with Crippen molar-refractivity contribution >= 4 is 16.6 Å². The Balaban J connectivity index is 1.69. The Morgan fingerprint density at radius 1 is 1.15 bits per heavy atom. The van der Waals surface area contributed by atoms with E-state index in [9.17, 15) is 10.4 Å². The summed E-state index contributed by atoms with van der Waals surface area (Å²) in [7, 11) is 1.68. The summed E-state index contributed by atoms with van der Waals surface area (Å²) >= 11 is 0. The third kappa shape index (κ3) is 3.36. The number of methoxy groups -OCH3 is 1. The Labute approximate surface area is 158 Å². The molecule has 2 N–H and O–H groups in total. The van der Waals surface area contributed by atoms with Crippen molar-refractivity contribution in [3.05, 3.63) is 54.2 Å². The summed E-state index contributed by atoms with van der Waals surface area (Å²) in [6.45, 7) is 0. The van der Waals surface area contributed by atoms with Gasteiger partial charge in [0.2, 0.25) is 0 Å². The van der Waals surface area contributed by atoms with E-state index in [1.807, 2.05) is 42.6 Å². The van der Waals surface area contributed by atoms with Crippen LogP contribution in [0.4, 0.5) is 5.69 Å². The fraction of sp³-hybridized carbons (Fsp3) is 0.318. The van der Waals surface area contributed by atoms with Crippen LogP contribution in [0.5, 0.6) is 5.75 Å². The standard InChI is InChI=1S/C22H23N3O2/c1-27-22-4-2-3-21-19(22)11-12-25(21)17-8-5-15(14-23)20(13-17)24-16-6-9-18(26)10-7-16/h2-5,8,11-13,16,18,24,26H,6-7,9-10H2,1H3/t16-,18-. The summed E-state index contributed by atoms with van der Waals surface area (Å²) in [5.74, 6) is 0.846. The summed E-state index contributed by atoms with van der Waals surface area (Å²) in [5, 5.41) is 23.8. The molecule has 1 saturated carbocycles. The lowest BCUT2D eigenvalue weighted by Crippen LogP contribution is -2.28. The minimum Gasteiger partial charge on any atom is -0.496 e. The minimum absolute atomic E-state index is 0.189. The fourth-order valence-corrected chi connectivity index (χ4v) is 3.88. The monoisotopic (exact) mass is 361 g/mol. The molecular formula is C22H23N3O2. The van der Waals surface area contributed by atoms with Crippen molar-refractivity contribution < 1.29 is 9.84 Å². The maximum absolute atomic E-state index is 9.71. The molecule has 0 unspecified atom stereocenters. The Bertz CT molecular complexity index is 994. The molecule has 0 amide bonds. The molecule has 1 heterocycles. The molecule has 27 heavy (non-hydrogen) atoms. The Kier molecular flexibility index (Phi) is 4.74. The zero-order valence-corrected chi connectivity index (χ0v) is 15.4. The second-order valence-electron chi connectivity index (χ2n) is 7.07. The second kappa shape index (κ2) is 7.34. The number of nitrogens with zero attached hydrogens (tertiary/aromatic N) is 2. The van der Waals surface area contributed by atoms with Gasteiger partial charge in [0.15, 0.2) is 0 Å². The van der Waals surface area contributed by atoms with Crippen molar-refractivity contribution in [2.24, 2.45) is 0 Å². The molecule has 1 aliphatic carbocycles. The molecular weight excluding hydrogens is 338 g/mol. The van der Waals surface area contributed by atoms with E-state index in [0.717, 1.165) is 53.7 Å². The molecule has 4 rings (SSSR count). The van der Waals surface area contributed by atoms with Gasteiger partial charge in [0.1, 0.15) is 11.8 Å². The van der Waals surface area contributed by atoms with Crippen LogP contribution < -0.4 is 10.1 Å². The first-order valence-electron chi connectivity index (χ1n) is 9.33. The molecule has 0 atom stereocenters. The number of fused-ring (bicyclic) bond motifs is 1. The number of rotatable bonds is 4. The van der Waals surface area contributed by atoms with E-state index in [0.29, 0.717) is 5.56 Å². The van der Waals surface area contributed by atoms with Gasteiger partial charge in [0.05, 0.1) is 30.0 Å². The molecule has 5 nitrogen and oxygen atoms in total. The van der Waals surface area contributed by atoms with Crippen molar-refractivity contribution in [1.29, 1.82) is 5.26 Å². The first kappa shape index (κ1) is 17.4. The van der Waals surface area contributed by atoms with Gasteiger partial charge in [-0.05, 0) is 62.1 Å². The number of nitriles is 1. The molecule has 138 valence electrons. The van der Waals surface area contributed by atoms with Crippen LogP contribution >= 0.6 is 0 Å². The van der Waals surface area contributed by atoms with E-state index in [4.69, 9.17) is 4.74 Å². The molecule has 0 radical (unpaired) electrons. The van der Waals surface area contributed by atoms with Gasteiger partial charge in [0.25, 0.3) is 0 Å². The first-order chi connectivity index (χ1) is 13.2. The minimum atomic E-state index is -0.189. The van der Waals surface area contributed by atoms with E-state index < -0.39 is 0 Å². The van der Waals surface area contributed by atoms with Crippen LogP contribution in [0.2, 0.25) is 0 Å². The average Bonchev–Trinajstić information content (AvgIpc) is 3.14. The highest BCUT2D eigenvalue weighted by Gasteiger charge is 2.20. The topological polar surface area (TPSA) is 70.2 Å². The lowest BCUT2D eigenvalue weighted by molar-refractivity contribution is 0.126. The van der Waals surface area contributed by atoms with Crippen LogP contribution in [-0.2, 0) is 0 Å². The molecule has 0 spiro atoms. The van der Waals surface area contributed by atoms with Gasteiger partial charge in [-0.2, -0.15) is 5.26 Å². The van der Waals surface area contributed by atoms with Gasteiger partial charge in [-0.3, -0.25) is 0 Å². The lowest BCUT2D eigenvalue weighted by atomic mass is 9.93. The lowest BCUT2D eigenvalue weighted by Gasteiger charge is -2.27. The van der Waals surface area contributed by atoms with Crippen molar-refractivity contribution in [3.8, 4) is 17.5 Å². The predicted octanol–water partition coefficient (Wildman–Crippen LogP) is 4.23. The number of nitrogens with one attached hydrogen (secondary N) is 1. The first-order valence-corrected chi connectivity index (χ1v) is 9.33. The summed E-state index contributed by atoms with van der Waals surface area (Å²) in [6.07, 6.45) is 5.28. The summed E-state index contributed by atoms with van der Waals surface area (Å²) in [4.78, 5) is 0. The number of aliphatic hydroxyl groups excluding tert-OH is 1. The third-order valence-electron chi connectivity index (χ3n) is 5.37. The van der Waals surface area contributed by atoms with E-state index in [1.165, 1.54) is 0 Å². The summed E-state index contributed by atoms with van der Waals surface area (Å²) in [5.41, 5.74) is 3.54. The van der Waals surface area contributed by atoms with E-state index in [2.05, 4.69) is 22.0 Å². The normalized spacial score (nSPS) is 19.6. The third-order valence-corrected chi connectivity index (χ3v) is 5.37. The highest BCUT2D eigenvalue weighted by atomic mass is 16.5. The van der Waals surface area contributed by atoms with E-state index in [-0.39, 0.29) is 12.1 Å². The summed E-state index contributed by atoms with van der Waals surface area (Å²) < 4.78 is 7.56. The van der Waals surface area contributed by atoms with Gasteiger partial charge in [-0.1, -0.05) is 6.07 Å². The molecule has 0 saturated heterocycles. The highest BCUT2D eigenvalue weighted by Crippen LogP contribution is 2.31. The van der Waals surface area contributed by atoms with Crippen molar-refractivity contribution in [2.75, 3.05) is 12.4 Å². The molecule has 0 bridgehead atoms. The molecule has 2 aromatic carbocycles. The largest absolute Gasteiger partial charge is 0.496 e. The molecule has 1 fully saturated rings. The van der Waals surface area contributed by atoms with Gasteiger partial charge in [-0.25, -0.2) is 0 Å². The number of anilines is 1. The Hall–Kier alpha value is -2.97. The maximum atomic E-state index is 9.71. The van der Waals surface area contributed by atoms with Crippen LogP contribution in [0.25, 0.3) is 16.6 Å². The Morgan fingerprint density at radius 2 is 1.96 bits per heavy atom. The number of aliphatic hydroxyl groups is 1. The van der Waals surface area contributed by atoms with Gasteiger partial charge >= 0.3 is 0 Å². The zero-order chi connectivity index (χ0) is 18.8. The molecule has 3 aromatic rings. The molecule has 1 aliphatic rings. The maximum Gasteiger partial charge on any atom is 0.128 e. The van der Waals surface area contributed by atoms with Crippen LogP contribution in [0.15, 0.2) is 48.7 Å². The molecule has 1 aromatic heterocycles.